The van der Waals surface area contributed by atoms with Gasteiger partial charge in [0.2, 0.25) is 11.8 Å². The predicted molar refractivity (Wildman–Crippen MR) is 79.9 cm³/mol. The lowest BCUT2D eigenvalue weighted by atomic mass is 9.96. The summed E-state index contributed by atoms with van der Waals surface area (Å²) in [6.07, 6.45) is 3.25. The number of carbonyl (C=O) groups excluding carboxylic acids is 2. The van der Waals surface area contributed by atoms with Crippen LogP contribution in [0.5, 0.6) is 0 Å². The Hall–Kier alpha value is -1.14. The van der Waals surface area contributed by atoms with Crippen LogP contribution in [-0.2, 0) is 14.3 Å². The molecule has 2 saturated heterocycles. The topological polar surface area (TPSA) is 61.9 Å². The first-order chi connectivity index (χ1) is 10.2. The van der Waals surface area contributed by atoms with E-state index in [9.17, 15) is 9.59 Å². The smallest absolute Gasteiger partial charge is 0.227 e. The molecule has 6 heteroatoms. The van der Waals surface area contributed by atoms with Crippen LogP contribution in [0.2, 0.25) is 0 Å². The van der Waals surface area contributed by atoms with Crippen LogP contribution < -0.4 is 5.32 Å². The molecule has 0 aromatic heterocycles. The van der Waals surface area contributed by atoms with Crippen molar-refractivity contribution >= 4 is 11.8 Å². The van der Waals surface area contributed by atoms with E-state index < -0.39 is 0 Å². The van der Waals surface area contributed by atoms with E-state index in [0.717, 1.165) is 32.4 Å². The number of hydrogen-bond acceptors (Lipinski definition) is 4. The number of nitrogens with zero attached hydrogens (tertiary/aromatic N) is 2. The third kappa shape index (κ3) is 4.68. The summed E-state index contributed by atoms with van der Waals surface area (Å²) < 4.78 is 5.29. The van der Waals surface area contributed by atoms with Gasteiger partial charge >= 0.3 is 0 Å². The molecule has 6 nitrogen and oxygen atoms in total. The van der Waals surface area contributed by atoms with Crippen LogP contribution in [0, 0.1) is 5.92 Å². The molecule has 0 radical (unpaired) electrons. The van der Waals surface area contributed by atoms with Gasteiger partial charge in [-0.1, -0.05) is 0 Å². The summed E-state index contributed by atoms with van der Waals surface area (Å²) in [5.41, 5.74) is 0. The number of carbonyl (C=O) groups is 2. The SMILES string of the molecule is CNCCCC(=O)N1CCCC(C(=O)N2CCOCC2)C1. The Kier molecular flexibility index (Phi) is 6.45. The molecule has 120 valence electrons. The Morgan fingerprint density at radius 2 is 1.95 bits per heavy atom. The van der Waals surface area contributed by atoms with E-state index in [0.29, 0.717) is 39.3 Å². The molecule has 0 aromatic carbocycles. The average Bonchev–Trinajstić information content (AvgIpc) is 2.55. The van der Waals surface area contributed by atoms with Gasteiger partial charge in [0.1, 0.15) is 0 Å². The standard InChI is InChI=1S/C15H27N3O3/c1-16-6-2-5-14(19)18-7-3-4-13(12-18)15(20)17-8-10-21-11-9-17/h13,16H,2-12H2,1H3. The van der Waals surface area contributed by atoms with Gasteiger partial charge in [-0.2, -0.15) is 0 Å². The zero-order valence-corrected chi connectivity index (χ0v) is 13.0. The Morgan fingerprint density at radius 1 is 1.19 bits per heavy atom. The monoisotopic (exact) mass is 297 g/mol. The number of nitrogens with one attached hydrogen (secondary N) is 1. The molecule has 0 saturated carbocycles. The molecule has 1 unspecified atom stereocenters. The van der Waals surface area contributed by atoms with E-state index in [4.69, 9.17) is 4.74 Å². The fourth-order valence-electron chi connectivity index (χ4n) is 3.02. The van der Waals surface area contributed by atoms with Crippen molar-refractivity contribution in [1.82, 2.24) is 15.1 Å². The zero-order valence-electron chi connectivity index (χ0n) is 13.0. The number of hydrogen-bond donors (Lipinski definition) is 1. The van der Waals surface area contributed by atoms with Gasteiger partial charge in [0, 0.05) is 32.6 Å². The summed E-state index contributed by atoms with van der Waals surface area (Å²) in [5, 5.41) is 3.05. The lowest BCUT2D eigenvalue weighted by molar-refractivity contribution is -0.144. The second-order valence-electron chi connectivity index (χ2n) is 5.82. The number of likely N-dealkylation sites (tertiary alicyclic amines) is 1. The Labute approximate surface area is 126 Å². The lowest BCUT2D eigenvalue weighted by Gasteiger charge is -2.36. The molecule has 2 fully saturated rings. The quantitative estimate of drug-likeness (QED) is 0.730. The van der Waals surface area contributed by atoms with Crippen molar-refractivity contribution in [3.05, 3.63) is 0 Å². The van der Waals surface area contributed by atoms with Gasteiger partial charge in [0.15, 0.2) is 0 Å². The first-order valence-corrected chi connectivity index (χ1v) is 8.01. The third-order valence-electron chi connectivity index (χ3n) is 4.26. The summed E-state index contributed by atoms with van der Waals surface area (Å²) in [6.45, 7) is 4.88. The molecule has 21 heavy (non-hydrogen) atoms. The van der Waals surface area contributed by atoms with Gasteiger partial charge in [-0.05, 0) is 32.9 Å². The molecular formula is C15H27N3O3. The van der Waals surface area contributed by atoms with Crippen LogP contribution in [0.15, 0.2) is 0 Å². The number of piperidine rings is 1. The normalized spacial score (nSPS) is 23.2. The fraction of sp³-hybridized carbons (Fsp3) is 0.867. The average molecular weight is 297 g/mol. The van der Waals surface area contributed by atoms with Crippen LogP contribution in [-0.4, -0.2) is 74.6 Å². The molecule has 2 rings (SSSR count). The van der Waals surface area contributed by atoms with Gasteiger partial charge in [-0.15, -0.1) is 0 Å². The van der Waals surface area contributed by atoms with Crippen LogP contribution >= 0.6 is 0 Å². The lowest BCUT2D eigenvalue weighted by Crippen LogP contribution is -2.49. The largest absolute Gasteiger partial charge is 0.378 e. The van der Waals surface area contributed by atoms with Gasteiger partial charge in [0.05, 0.1) is 19.1 Å². The minimum atomic E-state index is -0.0231. The van der Waals surface area contributed by atoms with Crippen LogP contribution in [0.4, 0.5) is 0 Å². The molecule has 0 aliphatic carbocycles. The van der Waals surface area contributed by atoms with Crippen molar-refractivity contribution in [2.24, 2.45) is 5.92 Å². The molecule has 2 heterocycles. The Bertz CT molecular complexity index is 356. The number of ether oxygens (including phenoxy) is 1. The molecule has 2 aliphatic rings. The highest BCUT2D eigenvalue weighted by Crippen LogP contribution is 2.20. The molecule has 2 amide bonds. The molecule has 0 aromatic rings. The summed E-state index contributed by atoms with van der Waals surface area (Å²) in [6, 6.07) is 0. The summed E-state index contributed by atoms with van der Waals surface area (Å²) in [7, 11) is 1.89. The van der Waals surface area contributed by atoms with E-state index in [2.05, 4.69) is 5.32 Å². The highest BCUT2D eigenvalue weighted by molar-refractivity contribution is 5.81. The van der Waals surface area contributed by atoms with Gasteiger partial charge < -0.3 is 19.9 Å². The van der Waals surface area contributed by atoms with E-state index in [1.54, 1.807) is 0 Å². The van der Waals surface area contributed by atoms with Crippen LogP contribution in [0.25, 0.3) is 0 Å². The summed E-state index contributed by atoms with van der Waals surface area (Å²) in [4.78, 5) is 28.4. The maximum atomic E-state index is 12.5. The van der Waals surface area contributed by atoms with Gasteiger partial charge in [0.25, 0.3) is 0 Å². The number of morpholine rings is 1. The molecule has 1 atom stereocenters. The molecule has 0 bridgehead atoms. The predicted octanol–water partition coefficient (Wildman–Crippen LogP) is 0.0834. The molecular weight excluding hydrogens is 270 g/mol. The Morgan fingerprint density at radius 3 is 2.67 bits per heavy atom. The zero-order chi connectivity index (χ0) is 15.1. The number of amides is 2. The molecule has 0 spiro atoms. The first kappa shape index (κ1) is 16.2. The highest BCUT2D eigenvalue weighted by Gasteiger charge is 2.31. The summed E-state index contributed by atoms with van der Waals surface area (Å²) >= 11 is 0. The Balaban J connectivity index is 1.81. The van der Waals surface area contributed by atoms with E-state index in [1.807, 2.05) is 16.8 Å². The second-order valence-corrected chi connectivity index (χ2v) is 5.82. The van der Waals surface area contributed by atoms with Crippen molar-refractivity contribution in [1.29, 1.82) is 0 Å². The fourth-order valence-corrected chi connectivity index (χ4v) is 3.02. The first-order valence-electron chi connectivity index (χ1n) is 8.01. The highest BCUT2D eigenvalue weighted by atomic mass is 16.5. The second kappa shape index (κ2) is 8.34. The van der Waals surface area contributed by atoms with E-state index >= 15 is 0 Å². The molecule has 2 aliphatic heterocycles. The molecule has 1 N–H and O–H groups in total. The van der Waals surface area contributed by atoms with Crippen LogP contribution in [0.3, 0.4) is 0 Å². The summed E-state index contributed by atoms with van der Waals surface area (Å²) in [5.74, 6) is 0.362. The van der Waals surface area contributed by atoms with Crippen LogP contribution in [0.1, 0.15) is 25.7 Å². The minimum absolute atomic E-state index is 0.0231. The maximum Gasteiger partial charge on any atom is 0.227 e. The van der Waals surface area contributed by atoms with Crippen molar-refractivity contribution in [3.8, 4) is 0 Å². The van der Waals surface area contributed by atoms with Crippen molar-refractivity contribution in [2.45, 2.75) is 25.7 Å². The van der Waals surface area contributed by atoms with Crippen molar-refractivity contribution < 1.29 is 14.3 Å². The van der Waals surface area contributed by atoms with Gasteiger partial charge in [-0.25, -0.2) is 0 Å². The number of rotatable bonds is 5. The van der Waals surface area contributed by atoms with Crippen molar-refractivity contribution in [3.63, 3.8) is 0 Å². The van der Waals surface area contributed by atoms with Gasteiger partial charge in [-0.3, -0.25) is 9.59 Å². The van der Waals surface area contributed by atoms with E-state index in [-0.39, 0.29) is 17.7 Å². The van der Waals surface area contributed by atoms with Crippen molar-refractivity contribution in [2.75, 3.05) is 53.0 Å². The van der Waals surface area contributed by atoms with E-state index in [1.165, 1.54) is 0 Å². The minimum Gasteiger partial charge on any atom is -0.378 e. The maximum absolute atomic E-state index is 12.5. The third-order valence-corrected chi connectivity index (χ3v) is 4.26.